The number of nitrogens with one attached hydrogen (secondary N) is 1. The number of carbonyl (C=O) groups is 1. The third-order valence-corrected chi connectivity index (χ3v) is 6.30. The normalized spacial score (nSPS) is 12.1. The van der Waals surface area contributed by atoms with Crippen LogP contribution < -0.4 is 10.1 Å². The molecule has 35 heavy (non-hydrogen) atoms. The van der Waals surface area contributed by atoms with E-state index < -0.39 is 0 Å². The number of fused-ring (bicyclic) bond motifs is 1. The van der Waals surface area contributed by atoms with Crippen molar-refractivity contribution in [3.8, 4) is 5.75 Å². The predicted molar refractivity (Wildman–Crippen MR) is 142 cm³/mol. The Bertz CT molecular complexity index is 1280. The zero-order valence-corrected chi connectivity index (χ0v) is 21.1. The van der Waals surface area contributed by atoms with E-state index >= 15 is 0 Å². The summed E-state index contributed by atoms with van der Waals surface area (Å²) >= 11 is 0. The van der Waals surface area contributed by atoms with Crippen molar-refractivity contribution in [2.45, 2.75) is 59.0 Å². The average Bonchev–Trinajstić information content (AvgIpc) is 3.22. The maximum atomic E-state index is 12.7. The van der Waals surface area contributed by atoms with E-state index in [2.05, 4.69) is 67.1 Å². The van der Waals surface area contributed by atoms with Gasteiger partial charge in [-0.25, -0.2) is 4.98 Å². The van der Waals surface area contributed by atoms with Crippen LogP contribution in [0.25, 0.3) is 11.0 Å². The number of hydrogen-bond acceptors (Lipinski definition) is 3. The van der Waals surface area contributed by atoms with Gasteiger partial charge in [-0.05, 0) is 61.1 Å². The lowest BCUT2D eigenvalue weighted by molar-refractivity contribution is -0.121. The molecule has 0 aliphatic carbocycles. The van der Waals surface area contributed by atoms with Gasteiger partial charge in [0.2, 0.25) is 5.91 Å². The second-order valence-corrected chi connectivity index (χ2v) is 9.43. The van der Waals surface area contributed by atoms with Crippen LogP contribution in [-0.2, 0) is 17.8 Å². The van der Waals surface area contributed by atoms with Crippen LogP contribution in [0.15, 0.2) is 72.8 Å². The summed E-state index contributed by atoms with van der Waals surface area (Å²) in [6.07, 6.45) is 1.17. The topological polar surface area (TPSA) is 56.1 Å². The number of para-hydroxylation sites is 2. The van der Waals surface area contributed by atoms with Crippen LogP contribution in [-0.4, -0.2) is 22.1 Å². The minimum atomic E-state index is -0.212. The fourth-order valence-corrected chi connectivity index (χ4v) is 4.43. The number of ether oxygens (including phenoxy) is 1. The van der Waals surface area contributed by atoms with Crippen molar-refractivity contribution in [3.05, 3.63) is 95.3 Å². The van der Waals surface area contributed by atoms with Crippen molar-refractivity contribution in [3.63, 3.8) is 0 Å². The van der Waals surface area contributed by atoms with Crippen LogP contribution in [0.3, 0.4) is 0 Å². The van der Waals surface area contributed by atoms with Gasteiger partial charge in [0.25, 0.3) is 0 Å². The number of benzene rings is 3. The van der Waals surface area contributed by atoms with E-state index in [9.17, 15) is 4.79 Å². The molecule has 182 valence electrons. The molecule has 0 bridgehead atoms. The Morgan fingerprint density at radius 3 is 2.51 bits per heavy atom. The molecule has 1 amide bonds. The molecule has 0 saturated heterocycles. The molecule has 0 fully saturated rings. The van der Waals surface area contributed by atoms with E-state index in [0.29, 0.717) is 25.5 Å². The smallest absolute Gasteiger partial charge is 0.220 e. The van der Waals surface area contributed by atoms with Crippen molar-refractivity contribution in [1.82, 2.24) is 14.9 Å². The van der Waals surface area contributed by atoms with E-state index in [1.807, 2.05) is 43.3 Å². The molecule has 3 aromatic carbocycles. The summed E-state index contributed by atoms with van der Waals surface area (Å²) in [6, 6.07) is 24.4. The first-order valence-corrected chi connectivity index (χ1v) is 12.4. The van der Waals surface area contributed by atoms with Crippen LogP contribution in [0.4, 0.5) is 0 Å². The number of amides is 1. The Labute approximate surface area is 208 Å². The second kappa shape index (κ2) is 11.2. The van der Waals surface area contributed by atoms with E-state index in [-0.39, 0.29) is 11.9 Å². The average molecular weight is 470 g/mol. The molecule has 1 aromatic heterocycles. The highest BCUT2D eigenvalue weighted by Crippen LogP contribution is 2.28. The van der Waals surface area contributed by atoms with Gasteiger partial charge in [-0.15, -0.1) is 0 Å². The zero-order valence-electron chi connectivity index (χ0n) is 21.1. The SMILES string of the molecule is Cc1ccc(C(C)C)c(OCCn2c(C(C)NC(=O)CCc3ccccc3)nc3ccccc32)c1. The largest absolute Gasteiger partial charge is 0.491 e. The first kappa shape index (κ1) is 24.5. The van der Waals surface area contributed by atoms with Gasteiger partial charge in [-0.2, -0.15) is 0 Å². The summed E-state index contributed by atoms with van der Waals surface area (Å²) in [4.78, 5) is 17.5. The molecule has 1 atom stereocenters. The summed E-state index contributed by atoms with van der Waals surface area (Å²) < 4.78 is 8.44. The molecule has 4 rings (SSSR count). The predicted octanol–water partition coefficient (Wildman–Crippen LogP) is 6.36. The first-order chi connectivity index (χ1) is 16.9. The van der Waals surface area contributed by atoms with E-state index in [1.165, 1.54) is 11.1 Å². The molecular formula is C30H35N3O2. The molecule has 0 aliphatic heterocycles. The third-order valence-electron chi connectivity index (χ3n) is 6.30. The zero-order chi connectivity index (χ0) is 24.8. The lowest BCUT2D eigenvalue weighted by Gasteiger charge is -2.18. The van der Waals surface area contributed by atoms with Crippen LogP contribution in [0.1, 0.15) is 61.7 Å². The van der Waals surface area contributed by atoms with Crippen molar-refractivity contribution in [2.75, 3.05) is 6.61 Å². The number of rotatable bonds is 10. The second-order valence-electron chi connectivity index (χ2n) is 9.43. The van der Waals surface area contributed by atoms with Gasteiger partial charge in [0.15, 0.2) is 0 Å². The maximum absolute atomic E-state index is 12.7. The summed E-state index contributed by atoms with van der Waals surface area (Å²) in [5.74, 6) is 2.20. The highest BCUT2D eigenvalue weighted by atomic mass is 16.5. The van der Waals surface area contributed by atoms with Gasteiger partial charge in [-0.1, -0.05) is 68.4 Å². The van der Waals surface area contributed by atoms with E-state index in [4.69, 9.17) is 9.72 Å². The van der Waals surface area contributed by atoms with Gasteiger partial charge in [0, 0.05) is 6.42 Å². The third kappa shape index (κ3) is 6.10. The highest BCUT2D eigenvalue weighted by Gasteiger charge is 2.19. The van der Waals surface area contributed by atoms with Gasteiger partial charge in [-0.3, -0.25) is 4.79 Å². The minimum Gasteiger partial charge on any atom is -0.491 e. The van der Waals surface area contributed by atoms with Crippen molar-refractivity contribution in [2.24, 2.45) is 0 Å². The molecule has 0 aliphatic rings. The molecule has 1 heterocycles. The Morgan fingerprint density at radius 2 is 1.74 bits per heavy atom. The Hall–Kier alpha value is -3.60. The number of carbonyl (C=O) groups excluding carboxylic acids is 1. The number of imidazole rings is 1. The van der Waals surface area contributed by atoms with Gasteiger partial charge in [0.1, 0.15) is 18.2 Å². The van der Waals surface area contributed by atoms with Crippen molar-refractivity contribution < 1.29 is 9.53 Å². The first-order valence-electron chi connectivity index (χ1n) is 12.4. The van der Waals surface area contributed by atoms with Crippen LogP contribution in [0.5, 0.6) is 5.75 Å². The van der Waals surface area contributed by atoms with Crippen LogP contribution >= 0.6 is 0 Å². The summed E-state index contributed by atoms with van der Waals surface area (Å²) in [5, 5.41) is 3.14. The van der Waals surface area contributed by atoms with Crippen molar-refractivity contribution >= 4 is 16.9 Å². The van der Waals surface area contributed by atoms with E-state index in [1.54, 1.807) is 0 Å². The van der Waals surface area contributed by atoms with Crippen LogP contribution in [0.2, 0.25) is 0 Å². The Morgan fingerprint density at radius 1 is 1.00 bits per heavy atom. The monoisotopic (exact) mass is 469 g/mol. The van der Waals surface area contributed by atoms with Gasteiger partial charge >= 0.3 is 0 Å². The Kier molecular flexibility index (Phi) is 7.86. The fraction of sp³-hybridized carbons (Fsp3) is 0.333. The number of aromatic nitrogens is 2. The lowest BCUT2D eigenvalue weighted by Crippen LogP contribution is -2.29. The van der Waals surface area contributed by atoms with Crippen molar-refractivity contribution in [1.29, 1.82) is 0 Å². The highest BCUT2D eigenvalue weighted by molar-refractivity contribution is 5.78. The standard InChI is InChI=1S/C30H35N3O2/c1-21(2)25-16-14-22(3)20-28(25)35-19-18-33-27-13-9-8-12-26(27)32-30(33)23(4)31-29(34)17-15-24-10-6-5-7-11-24/h5-14,16,20-21,23H,15,17-19H2,1-4H3,(H,31,34). The minimum absolute atomic E-state index is 0.0255. The fourth-order valence-electron chi connectivity index (χ4n) is 4.43. The molecule has 5 nitrogen and oxygen atoms in total. The molecule has 1 unspecified atom stereocenters. The van der Waals surface area contributed by atoms with Gasteiger partial charge in [0.05, 0.1) is 23.6 Å². The number of nitrogens with zero attached hydrogens (tertiary/aromatic N) is 2. The molecule has 0 radical (unpaired) electrons. The molecule has 1 N–H and O–H groups in total. The van der Waals surface area contributed by atoms with Gasteiger partial charge < -0.3 is 14.6 Å². The Balaban J connectivity index is 1.47. The summed E-state index contributed by atoms with van der Waals surface area (Å²) in [6.45, 7) is 9.61. The number of hydrogen-bond donors (Lipinski definition) is 1. The molecule has 0 saturated carbocycles. The van der Waals surface area contributed by atoms with Crippen LogP contribution in [0, 0.1) is 6.92 Å². The number of aryl methyl sites for hydroxylation is 2. The molecule has 4 aromatic rings. The molecule has 5 heteroatoms. The molecular weight excluding hydrogens is 434 g/mol. The lowest BCUT2D eigenvalue weighted by atomic mass is 10.0. The van der Waals surface area contributed by atoms with E-state index in [0.717, 1.165) is 34.6 Å². The quantitative estimate of drug-likeness (QED) is 0.294. The molecule has 0 spiro atoms. The summed E-state index contributed by atoms with van der Waals surface area (Å²) in [7, 11) is 0. The summed E-state index contributed by atoms with van der Waals surface area (Å²) in [5.41, 5.74) is 5.53. The maximum Gasteiger partial charge on any atom is 0.220 e.